The fraction of sp³-hybridized carbons (Fsp3) is 0.400. The third kappa shape index (κ3) is 3.20. The van der Waals surface area contributed by atoms with Crippen LogP contribution in [0, 0.1) is 12.8 Å². The lowest BCUT2D eigenvalue weighted by Crippen LogP contribution is -2.32. The SMILES string of the molecule is Cc1cnc2c(c1)nc(Cc1ccccc1)n2CC1CCCNC1. The van der Waals surface area contributed by atoms with Crippen LogP contribution < -0.4 is 5.32 Å². The molecule has 4 rings (SSSR count). The molecule has 3 aromatic rings. The Bertz CT molecular complexity index is 816. The highest BCUT2D eigenvalue weighted by Crippen LogP contribution is 2.21. The summed E-state index contributed by atoms with van der Waals surface area (Å²) >= 11 is 0. The van der Waals surface area contributed by atoms with Gasteiger partial charge in [-0.05, 0) is 56.0 Å². The van der Waals surface area contributed by atoms with Crippen molar-refractivity contribution >= 4 is 11.2 Å². The number of imidazole rings is 1. The highest BCUT2D eigenvalue weighted by atomic mass is 15.1. The van der Waals surface area contributed by atoms with Crippen LogP contribution in [-0.2, 0) is 13.0 Å². The monoisotopic (exact) mass is 320 g/mol. The molecule has 24 heavy (non-hydrogen) atoms. The Hall–Kier alpha value is -2.20. The van der Waals surface area contributed by atoms with E-state index in [2.05, 4.69) is 58.2 Å². The van der Waals surface area contributed by atoms with Crippen molar-refractivity contribution in [2.24, 2.45) is 5.92 Å². The highest BCUT2D eigenvalue weighted by Gasteiger charge is 2.19. The van der Waals surface area contributed by atoms with E-state index in [1.165, 1.54) is 18.4 Å². The van der Waals surface area contributed by atoms with Gasteiger partial charge in [0, 0.05) is 19.2 Å². The van der Waals surface area contributed by atoms with E-state index < -0.39 is 0 Å². The Kier molecular flexibility index (Phi) is 4.30. The van der Waals surface area contributed by atoms with Gasteiger partial charge in [-0.25, -0.2) is 9.97 Å². The maximum atomic E-state index is 4.91. The van der Waals surface area contributed by atoms with Gasteiger partial charge in [0.25, 0.3) is 0 Å². The number of rotatable bonds is 4. The van der Waals surface area contributed by atoms with Crippen LogP contribution in [0.3, 0.4) is 0 Å². The van der Waals surface area contributed by atoms with E-state index in [4.69, 9.17) is 4.98 Å². The van der Waals surface area contributed by atoms with Crippen molar-refractivity contribution in [1.29, 1.82) is 0 Å². The lowest BCUT2D eigenvalue weighted by Gasteiger charge is -2.24. The number of nitrogens with one attached hydrogen (secondary N) is 1. The van der Waals surface area contributed by atoms with E-state index in [1.807, 2.05) is 6.20 Å². The number of hydrogen-bond donors (Lipinski definition) is 1. The first kappa shape index (κ1) is 15.3. The van der Waals surface area contributed by atoms with Crippen LogP contribution in [0.1, 0.15) is 29.8 Å². The third-order valence-corrected chi connectivity index (χ3v) is 4.85. The molecule has 0 bridgehead atoms. The van der Waals surface area contributed by atoms with Crippen molar-refractivity contribution in [3.63, 3.8) is 0 Å². The molecule has 1 aromatic carbocycles. The van der Waals surface area contributed by atoms with E-state index in [9.17, 15) is 0 Å². The average Bonchev–Trinajstić information content (AvgIpc) is 2.93. The van der Waals surface area contributed by atoms with Gasteiger partial charge >= 0.3 is 0 Å². The predicted molar refractivity (Wildman–Crippen MR) is 97.1 cm³/mol. The number of aromatic nitrogens is 3. The van der Waals surface area contributed by atoms with Crippen LogP contribution in [0.2, 0.25) is 0 Å². The largest absolute Gasteiger partial charge is 0.316 e. The normalized spacial score (nSPS) is 18.1. The first-order chi connectivity index (χ1) is 11.8. The van der Waals surface area contributed by atoms with Crippen LogP contribution in [0.5, 0.6) is 0 Å². The molecule has 1 atom stereocenters. The van der Waals surface area contributed by atoms with Crippen molar-refractivity contribution in [2.45, 2.75) is 32.7 Å². The Balaban J connectivity index is 1.71. The molecule has 0 amide bonds. The summed E-state index contributed by atoms with van der Waals surface area (Å²) < 4.78 is 2.35. The molecule has 0 spiro atoms. The summed E-state index contributed by atoms with van der Waals surface area (Å²) in [4.78, 5) is 9.60. The molecule has 4 nitrogen and oxygen atoms in total. The molecule has 1 N–H and O–H groups in total. The van der Waals surface area contributed by atoms with Crippen molar-refractivity contribution in [3.05, 3.63) is 59.5 Å². The van der Waals surface area contributed by atoms with Crippen LogP contribution in [0.15, 0.2) is 42.6 Å². The zero-order valence-corrected chi connectivity index (χ0v) is 14.2. The topological polar surface area (TPSA) is 42.7 Å². The molecule has 0 radical (unpaired) electrons. The minimum Gasteiger partial charge on any atom is -0.316 e. The van der Waals surface area contributed by atoms with E-state index in [0.717, 1.165) is 48.6 Å². The van der Waals surface area contributed by atoms with Gasteiger partial charge in [0.1, 0.15) is 11.3 Å². The lowest BCUT2D eigenvalue weighted by molar-refractivity contribution is 0.337. The maximum absolute atomic E-state index is 4.91. The number of pyridine rings is 1. The predicted octanol–water partition coefficient (Wildman–Crippen LogP) is 3.33. The first-order valence-electron chi connectivity index (χ1n) is 8.86. The van der Waals surface area contributed by atoms with Gasteiger partial charge in [-0.15, -0.1) is 0 Å². The van der Waals surface area contributed by atoms with E-state index in [0.29, 0.717) is 5.92 Å². The highest BCUT2D eigenvalue weighted by molar-refractivity contribution is 5.72. The molecule has 1 aliphatic heterocycles. The van der Waals surface area contributed by atoms with Gasteiger partial charge in [-0.2, -0.15) is 0 Å². The molecule has 124 valence electrons. The second kappa shape index (κ2) is 6.73. The van der Waals surface area contributed by atoms with Gasteiger partial charge < -0.3 is 9.88 Å². The molecule has 1 unspecified atom stereocenters. The van der Waals surface area contributed by atoms with Gasteiger partial charge in [-0.3, -0.25) is 0 Å². The van der Waals surface area contributed by atoms with E-state index in [-0.39, 0.29) is 0 Å². The van der Waals surface area contributed by atoms with Gasteiger partial charge in [-0.1, -0.05) is 30.3 Å². The van der Waals surface area contributed by atoms with Gasteiger partial charge in [0.15, 0.2) is 5.65 Å². The molecule has 1 aliphatic rings. The zero-order valence-electron chi connectivity index (χ0n) is 14.2. The zero-order chi connectivity index (χ0) is 16.4. The molecule has 4 heteroatoms. The number of benzene rings is 1. The molecule has 1 saturated heterocycles. The van der Waals surface area contributed by atoms with Crippen LogP contribution in [-0.4, -0.2) is 27.6 Å². The van der Waals surface area contributed by atoms with Crippen molar-refractivity contribution in [1.82, 2.24) is 19.9 Å². The van der Waals surface area contributed by atoms with Crippen molar-refractivity contribution < 1.29 is 0 Å². The summed E-state index contributed by atoms with van der Waals surface area (Å²) in [5, 5.41) is 3.52. The van der Waals surface area contributed by atoms with Crippen molar-refractivity contribution in [2.75, 3.05) is 13.1 Å². The first-order valence-corrected chi connectivity index (χ1v) is 8.86. The van der Waals surface area contributed by atoms with Crippen LogP contribution in [0.4, 0.5) is 0 Å². The second-order valence-electron chi connectivity index (χ2n) is 6.87. The third-order valence-electron chi connectivity index (χ3n) is 4.85. The summed E-state index contributed by atoms with van der Waals surface area (Å²) in [5.74, 6) is 1.79. The average molecular weight is 320 g/mol. The second-order valence-corrected chi connectivity index (χ2v) is 6.87. The fourth-order valence-corrected chi connectivity index (χ4v) is 3.60. The van der Waals surface area contributed by atoms with Crippen molar-refractivity contribution in [3.8, 4) is 0 Å². The molecule has 1 fully saturated rings. The summed E-state index contributed by atoms with van der Waals surface area (Å²) in [5.41, 5.74) is 4.51. The summed E-state index contributed by atoms with van der Waals surface area (Å²) in [6.07, 6.45) is 5.35. The molecule has 2 aromatic heterocycles. The standard InChI is InChI=1S/C20H24N4/c1-15-10-18-20(22-12-15)24(14-17-8-5-9-21-13-17)19(23-18)11-16-6-3-2-4-7-16/h2-4,6-7,10,12,17,21H,5,8-9,11,13-14H2,1H3. The van der Waals surface area contributed by atoms with E-state index in [1.54, 1.807) is 0 Å². The Morgan fingerprint density at radius 3 is 2.92 bits per heavy atom. The fourth-order valence-electron chi connectivity index (χ4n) is 3.60. The smallest absolute Gasteiger partial charge is 0.160 e. The number of nitrogens with zero attached hydrogens (tertiary/aromatic N) is 3. The maximum Gasteiger partial charge on any atom is 0.160 e. The molecule has 0 saturated carbocycles. The van der Waals surface area contributed by atoms with Crippen LogP contribution in [0.25, 0.3) is 11.2 Å². The summed E-state index contributed by atoms with van der Waals surface area (Å²) in [6.45, 7) is 5.32. The molecule has 3 heterocycles. The van der Waals surface area contributed by atoms with Gasteiger partial charge in [0.05, 0.1) is 0 Å². The minimum atomic E-state index is 0.661. The molecule has 0 aliphatic carbocycles. The Morgan fingerprint density at radius 2 is 2.12 bits per heavy atom. The number of piperidine rings is 1. The van der Waals surface area contributed by atoms with Crippen LogP contribution >= 0.6 is 0 Å². The minimum absolute atomic E-state index is 0.661. The van der Waals surface area contributed by atoms with E-state index >= 15 is 0 Å². The summed E-state index contributed by atoms with van der Waals surface area (Å²) in [6, 6.07) is 12.7. The number of aryl methyl sites for hydroxylation is 1. The number of hydrogen-bond acceptors (Lipinski definition) is 3. The molecular formula is C20H24N4. The molecular weight excluding hydrogens is 296 g/mol. The Morgan fingerprint density at radius 1 is 1.25 bits per heavy atom. The van der Waals surface area contributed by atoms with Gasteiger partial charge in [0.2, 0.25) is 0 Å². The number of fused-ring (bicyclic) bond motifs is 1. The lowest BCUT2D eigenvalue weighted by atomic mass is 9.99. The summed E-state index contributed by atoms with van der Waals surface area (Å²) in [7, 11) is 0. The Labute approximate surface area is 142 Å². The quantitative estimate of drug-likeness (QED) is 0.802.